The molecule has 0 bridgehead atoms. The van der Waals surface area contributed by atoms with E-state index in [1.807, 2.05) is 0 Å². The van der Waals surface area contributed by atoms with Crippen molar-refractivity contribution in [1.29, 1.82) is 0 Å². The lowest BCUT2D eigenvalue weighted by molar-refractivity contribution is 0.194. The predicted octanol–water partition coefficient (Wildman–Crippen LogP) is 1.16. The lowest BCUT2D eigenvalue weighted by atomic mass is 9.99. The lowest BCUT2D eigenvalue weighted by Gasteiger charge is -2.36. The van der Waals surface area contributed by atoms with Crippen LogP contribution in [-0.4, -0.2) is 53.7 Å². The van der Waals surface area contributed by atoms with Crippen molar-refractivity contribution in [2.45, 2.75) is 6.42 Å². The minimum atomic E-state index is -3.63. The smallest absolute Gasteiger partial charge is 0.276 e. The summed E-state index contributed by atoms with van der Waals surface area (Å²) in [6.07, 6.45) is 0.669. The molecule has 0 unspecified atom stereocenters. The summed E-state index contributed by atoms with van der Waals surface area (Å²) in [7, 11) is -3.63. The van der Waals surface area contributed by atoms with E-state index in [2.05, 4.69) is 42.0 Å². The van der Waals surface area contributed by atoms with Gasteiger partial charge in [-0.25, -0.2) is 14.2 Å². The third-order valence-electron chi connectivity index (χ3n) is 4.12. The molecule has 5 N–H and O–H groups in total. The van der Waals surface area contributed by atoms with Crippen LogP contribution in [0, 0.1) is 11.7 Å². The third kappa shape index (κ3) is 4.76. The van der Waals surface area contributed by atoms with Crippen LogP contribution in [0.3, 0.4) is 0 Å². The molecule has 2 aromatic rings. The number of nitrogens with zero attached hydrogens (tertiary/aromatic N) is 4. The van der Waals surface area contributed by atoms with Gasteiger partial charge in [-0.1, -0.05) is 5.16 Å². The molecule has 1 saturated heterocycles. The molecule has 0 aliphatic carbocycles. The quantitative estimate of drug-likeness (QED) is 0.200. The van der Waals surface area contributed by atoms with Gasteiger partial charge in [0, 0.05) is 25.3 Å². The number of anilines is 2. The van der Waals surface area contributed by atoms with E-state index in [4.69, 9.17) is 9.77 Å². The maximum Gasteiger partial charge on any atom is 0.276 e. The van der Waals surface area contributed by atoms with Gasteiger partial charge in [-0.05, 0) is 56.8 Å². The van der Waals surface area contributed by atoms with Crippen molar-refractivity contribution >= 4 is 43.5 Å². The number of halogens is 2. The fraction of sp³-hybridized carbons (Fsp3) is 0.357. The highest BCUT2D eigenvalue weighted by Gasteiger charge is 2.33. The molecule has 1 aromatic carbocycles. The van der Waals surface area contributed by atoms with Gasteiger partial charge in [0.25, 0.3) is 10.2 Å². The van der Waals surface area contributed by atoms with Gasteiger partial charge in [-0.3, -0.25) is 0 Å². The number of aromatic nitrogens is 2. The second-order valence-electron chi connectivity index (χ2n) is 6.11. The van der Waals surface area contributed by atoms with E-state index < -0.39 is 16.0 Å². The van der Waals surface area contributed by atoms with E-state index in [0.29, 0.717) is 31.7 Å². The van der Waals surface area contributed by atoms with Crippen molar-refractivity contribution in [3.63, 3.8) is 0 Å². The Morgan fingerprint density at radius 1 is 1.46 bits per heavy atom. The van der Waals surface area contributed by atoms with E-state index in [9.17, 15) is 18.0 Å². The molecular formula is C14H17BrFN7O4S. The summed E-state index contributed by atoms with van der Waals surface area (Å²) in [5.41, 5.74) is 0.579. The molecule has 0 spiro atoms. The summed E-state index contributed by atoms with van der Waals surface area (Å²) in [6.45, 7) is 1.20. The Bertz CT molecular complexity index is 978. The third-order valence-corrected chi connectivity index (χ3v) is 5.75. The molecular weight excluding hydrogens is 461 g/mol. The van der Waals surface area contributed by atoms with Crippen LogP contribution in [0.15, 0.2) is 32.5 Å². The topological polar surface area (TPSA) is 159 Å². The van der Waals surface area contributed by atoms with Crippen LogP contribution in [0.1, 0.15) is 12.1 Å². The van der Waals surface area contributed by atoms with Crippen LogP contribution in [-0.2, 0) is 10.2 Å². The van der Waals surface area contributed by atoms with E-state index in [1.54, 1.807) is 0 Å². The highest BCUT2D eigenvalue weighted by Crippen LogP contribution is 2.23. The maximum absolute atomic E-state index is 13.3. The van der Waals surface area contributed by atoms with Crippen LogP contribution < -0.4 is 15.8 Å². The zero-order valence-corrected chi connectivity index (χ0v) is 16.7. The van der Waals surface area contributed by atoms with Gasteiger partial charge in [0.1, 0.15) is 5.82 Å². The zero-order valence-electron chi connectivity index (χ0n) is 14.3. The average molecular weight is 478 g/mol. The summed E-state index contributed by atoms with van der Waals surface area (Å²) in [5, 5.41) is 30.7. The van der Waals surface area contributed by atoms with Crippen molar-refractivity contribution in [1.82, 2.24) is 14.6 Å². The molecule has 11 nitrogen and oxygen atoms in total. The van der Waals surface area contributed by atoms with E-state index in [-0.39, 0.29) is 27.7 Å². The fourth-order valence-corrected chi connectivity index (χ4v) is 3.83. The molecule has 1 aromatic heterocycles. The summed E-state index contributed by atoms with van der Waals surface area (Å²) in [5.74, 6) is -0.0688. The van der Waals surface area contributed by atoms with Crippen molar-refractivity contribution < 1.29 is 22.6 Å². The number of amidine groups is 1. The molecule has 152 valence electrons. The van der Waals surface area contributed by atoms with Crippen LogP contribution in [0.4, 0.5) is 15.9 Å². The second kappa shape index (κ2) is 8.38. The number of nitrogens with one attached hydrogen (secondary N) is 2. The Morgan fingerprint density at radius 3 is 2.86 bits per heavy atom. The highest BCUT2D eigenvalue weighted by atomic mass is 79.9. The number of benzene rings is 1. The van der Waals surface area contributed by atoms with Crippen LogP contribution >= 0.6 is 15.9 Å². The molecule has 0 amide bonds. The van der Waals surface area contributed by atoms with E-state index >= 15 is 0 Å². The number of oxime groups is 1. The van der Waals surface area contributed by atoms with Crippen LogP contribution in [0.2, 0.25) is 0 Å². The Kier molecular flexibility index (Phi) is 6.12. The number of rotatable bonds is 7. The molecule has 0 radical (unpaired) electrons. The van der Waals surface area contributed by atoms with Gasteiger partial charge in [0.05, 0.1) is 4.47 Å². The minimum absolute atomic E-state index is 0.0497. The predicted molar refractivity (Wildman–Crippen MR) is 102 cm³/mol. The van der Waals surface area contributed by atoms with E-state index in [0.717, 1.165) is 0 Å². The van der Waals surface area contributed by atoms with Crippen molar-refractivity contribution in [2.24, 2.45) is 16.2 Å². The largest absolute Gasteiger partial charge is 0.409 e. The maximum atomic E-state index is 13.3. The van der Waals surface area contributed by atoms with Gasteiger partial charge >= 0.3 is 0 Å². The van der Waals surface area contributed by atoms with Crippen molar-refractivity contribution in [2.75, 3.05) is 30.3 Å². The number of nitrogens with two attached hydrogens (primary N) is 1. The molecule has 14 heteroatoms. The van der Waals surface area contributed by atoms with Gasteiger partial charge in [0.15, 0.2) is 5.69 Å². The number of hydrogen-bond acceptors (Lipinski definition) is 8. The Morgan fingerprint density at radius 2 is 2.21 bits per heavy atom. The number of hydrogen-bond donors (Lipinski definition) is 4. The molecule has 1 fully saturated rings. The summed E-state index contributed by atoms with van der Waals surface area (Å²) < 4.78 is 41.8. The first-order chi connectivity index (χ1) is 13.3. The molecule has 1 aliphatic heterocycles. The molecule has 0 saturated carbocycles. The standard InChI is InChI=1S/C14H17BrFN7O4S/c15-10-5-9(1-2-11(10)16)19-14(20-24)12-13(22-27-21-12)18-4-3-8-6-23(7-8)28(17,25)26/h1-2,5,8,24H,3-4,6-7H2,(H,18,22)(H,19,20)(H2,17,25,26). The lowest BCUT2D eigenvalue weighted by Crippen LogP contribution is -2.52. The Balaban J connectivity index is 1.57. The van der Waals surface area contributed by atoms with Gasteiger partial charge in [-0.2, -0.15) is 12.7 Å². The zero-order chi connectivity index (χ0) is 20.3. The van der Waals surface area contributed by atoms with Crippen molar-refractivity contribution in [3.8, 4) is 0 Å². The summed E-state index contributed by atoms with van der Waals surface area (Å²) >= 11 is 3.07. The average Bonchev–Trinajstić information content (AvgIpc) is 3.05. The molecule has 1 aliphatic rings. The minimum Gasteiger partial charge on any atom is -0.409 e. The van der Waals surface area contributed by atoms with Crippen molar-refractivity contribution in [3.05, 3.63) is 34.2 Å². The molecule has 3 rings (SSSR count). The second-order valence-corrected chi connectivity index (χ2v) is 8.51. The van der Waals surface area contributed by atoms with E-state index in [1.165, 1.54) is 22.5 Å². The van der Waals surface area contributed by atoms with Crippen LogP contribution in [0.5, 0.6) is 0 Å². The Labute approximate surface area is 168 Å². The fourth-order valence-electron chi connectivity index (χ4n) is 2.61. The Hall–Kier alpha value is -2.29. The van der Waals surface area contributed by atoms with Gasteiger partial charge in [0.2, 0.25) is 11.7 Å². The van der Waals surface area contributed by atoms with Gasteiger partial charge in [-0.15, -0.1) is 0 Å². The first-order valence-corrected chi connectivity index (χ1v) is 10.4. The highest BCUT2D eigenvalue weighted by molar-refractivity contribution is 9.10. The SMILES string of the molecule is NS(=O)(=O)N1CC(CCNc2nonc2/C(=N/O)Nc2ccc(F)c(Br)c2)C1. The van der Waals surface area contributed by atoms with Gasteiger partial charge < -0.3 is 15.8 Å². The first-order valence-electron chi connectivity index (χ1n) is 8.06. The van der Waals surface area contributed by atoms with Crippen LogP contribution in [0.25, 0.3) is 0 Å². The monoisotopic (exact) mass is 477 g/mol. The first kappa shape index (κ1) is 20.4. The summed E-state index contributed by atoms with van der Waals surface area (Å²) in [4.78, 5) is 0. The summed E-state index contributed by atoms with van der Waals surface area (Å²) in [6, 6.07) is 4.17. The molecule has 0 atom stereocenters. The molecule has 28 heavy (non-hydrogen) atoms. The normalized spacial score (nSPS) is 16.0. The molecule has 2 heterocycles.